The third-order valence-corrected chi connectivity index (χ3v) is 3.18. The molecule has 2 rings (SSSR count). The number of carbonyl (C=O) groups is 1. The van der Waals surface area contributed by atoms with Gasteiger partial charge in [0.15, 0.2) is 0 Å². The van der Waals surface area contributed by atoms with Crippen LogP contribution in [0.2, 0.25) is 0 Å². The molecule has 0 aromatic carbocycles. The lowest BCUT2D eigenvalue weighted by molar-refractivity contribution is -0.121. The van der Waals surface area contributed by atoms with Gasteiger partial charge in [-0.3, -0.25) is 4.79 Å². The molecule has 1 aliphatic rings. The van der Waals surface area contributed by atoms with Crippen molar-refractivity contribution in [2.24, 2.45) is 5.92 Å². The molecule has 5 nitrogen and oxygen atoms in total. The number of amides is 1. The van der Waals surface area contributed by atoms with E-state index in [0.29, 0.717) is 18.5 Å². The summed E-state index contributed by atoms with van der Waals surface area (Å²) in [6.07, 6.45) is 5.91. The SMILES string of the molecule is CC(C)CNC(=O)Cn1cncc1C1CCCN1. The maximum absolute atomic E-state index is 11.8. The highest BCUT2D eigenvalue weighted by atomic mass is 16.1. The van der Waals surface area contributed by atoms with Gasteiger partial charge in [-0.25, -0.2) is 4.98 Å². The van der Waals surface area contributed by atoms with Crippen molar-refractivity contribution in [2.45, 2.75) is 39.3 Å². The van der Waals surface area contributed by atoms with Gasteiger partial charge in [-0.2, -0.15) is 0 Å². The van der Waals surface area contributed by atoms with Gasteiger partial charge < -0.3 is 15.2 Å². The summed E-state index contributed by atoms with van der Waals surface area (Å²) in [4.78, 5) is 16.0. The van der Waals surface area contributed by atoms with Crippen molar-refractivity contribution < 1.29 is 4.79 Å². The average Bonchev–Trinajstić information content (AvgIpc) is 2.95. The molecule has 1 aliphatic heterocycles. The summed E-state index contributed by atoms with van der Waals surface area (Å²) in [5.74, 6) is 0.536. The Morgan fingerprint density at radius 1 is 1.67 bits per heavy atom. The fourth-order valence-electron chi connectivity index (χ4n) is 2.22. The second-order valence-electron chi connectivity index (χ2n) is 5.29. The van der Waals surface area contributed by atoms with Crippen LogP contribution in [0.5, 0.6) is 0 Å². The van der Waals surface area contributed by atoms with Gasteiger partial charge in [0.2, 0.25) is 5.91 Å². The minimum atomic E-state index is 0.0564. The van der Waals surface area contributed by atoms with Crippen LogP contribution in [0.1, 0.15) is 38.4 Å². The monoisotopic (exact) mass is 250 g/mol. The van der Waals surface area contributed by atoms with E-state index in [0.717, 1.165) is 25.2 Å². The molecule has 0 bridgehead atoms. The molecule has 0 spiro atoms. The first kappa shape index (κ1) is 13.1. The minimum absolute atomic E-state index is 0.0564. The Hall–Kier alpha value is -1.36. The Bertz CT molecular complexity index is 393. The second-order valence-corrected chi connectivity index (χ2v) is 5.29. The van der Waals surface area contributed by atoms with Crippen molar-refractivity contribution in [3.05, 3.63) is 18.2 Å². The van der Waals surface area contributed by atoms with Crippen LogP contribution >= 0.6 is 0 Å². The normalized spacial score (nSPS) is 19.4. The van der Waals surface area contributed by atoms with Crippen LogP contribution in [0, 0.1) is 5.92 Å². The van der Waals surface area contributed by atoms with Crippen LogP contribution in [0.15, 0.2) is 12.5 Å². The number of rotatable bonds is 5. The molecule has 1 unspecified atom stereocenters. The lowest BCUT2D eigenvalue weighted by Gasteiger charge is -2.14. The highest BCUT2D eigenvalue weighted by Crippen LogP contribution is 2.22. The molecule has 0 radical (unpaired) electrons. The van der Waals surface area contributed by atoms with Crippen LogP contribution in [0.25, 0.3) is 0 Å². The quantitative estimate of drug-likeness (QED) is 0.822. The van der Waals surface area contributed by atoms with Gasteiger partial charge >= 0.3 is 0 Å². The van der Waals surface area contributed by atoms with E-state index in [2.05, 4.69) is 29.5 Å². The summed E-state index contributed by atoms with van der Waals surface area (Å²) in [5.41, 5.74) is 1.12. The standard InChI is InChI=1S/C13H22N4O/c1-10(2)6-16-13(18)8-17-9-14-7-12(17)11-4-3-5-15-11/h7,9-11,15H,3-6,8H2,1-2H3,(H,16,18). The summed E-state index contributed by atoms with van der Waals surface area (Å²) < 4.78 is 1.94. The lowest BCUT2D eigenvalue weighted by Crippen LogP contribution is -2.31. The molecular weight excluding hydrogens is 228 g/mol. The van der Waals surface area contributed by atoms with E-state index in [1.807, 2.05) is 10.8 Å². The lowest BCUT2D eigenvalue weighted by atomic mass is 10.2. The summed E-state index contributed by atoms with van der Waals surface area (Å²) in [6, 6.07) is 0.352. The smallest absolute Gasteiger partial charge is 0.239 e. The fraction of sp³-hybridized carbons (Fsp3) is 0.692. The van der Waals surface area contributed by atoms with Gasteiger partial charge in [0.25, 0.3) is 0 Å². The highest BCUT2D eigenvalue weighted by Gasteiger charge is 2.20. The van der Waals surface area contributed by atoms with Crippen molar-refractivity contribution in [1.82, 2.24) is 20.2 Å². The van der Waals surface area contributed by atoms with Gasteiger partial charge in [-0.05, 0) is 25.3 Å². The molecular formula is C13H22N4O. The predicted octanol–water partition coefficient (Wildman–Crippen LogP) is 1.08. The zero-order chi connectivity index (χ0) is 13.0. The van der Waals surface area contributed by atoms with Gasteiger partial charge in [0, 0.05) is 18.8 Å². The molecule has 2 N–H and O–H groups in total. The third kappa shape index (κ3) is 3.32. The van der Waals surface area contributed by atoms with Crippen molar-refractivity contribution in [2.75, 3.05) is 13.1 Å². The van der Waals surface area contributed by atoms with E-state index < -0.39 is 0 Å². The summed E-state index contributed by atoms with van der Waals surface area (Å²) >= 11 is 0. The summed E-state index contributed by atoms with van der Waals surface area (Å²) in [7, 11) is 0. The molecule has 2 heterocycles. The molecule has 1 saturated heterocycles. The Balaban J connectivity index is 1.92. The molecule has 5 heteroatoms. The molecule has 0 saturated carbocycles. The van der Waals surface area contributed by atoms with Crippen molar-refractivity contribution in [1.29, 1.82) is 0 Å². The molecule has 18 heavy (non-hydrogen) atoms. The van der Waals surface area contributed by atoms with E-state index in [-0.39, 0.29) is 5.91 Å². The van der Waals surface area contributed by atoms with E-state index in [9.17, 15) is 4.79 Å². The van der Waals surface area contributed by atoms with Gasteiger partial charge in [0.1, 0.15) is 6.54 Å². The zero-order valence-electron chi connectivity index (χ0n) is 11.1. The second kappa shape index (κ2) is 6.00. The van der Waals surface area contributed by atoms with Crippen LogP contribution in [-0.2, 0) is 11.3 Å². The molecule has 1 atom stereocenters. The third-order valence-electron chi connectivity index (χ3n) is 3.18. The topological polar surface area (TPSA) is 59.0 Å². The highest BCUT2D eigenvalue weighted by molar-refractivity contribution is 5.75. The number of imidazole rings is 1. The van der Waals surface area contributed by atoms with Crippen molar-refractivity contribution in [3.8, 4) is 0 Å². The number of aromatic nitrogens is 2. The molecule has 100 valence electrons. The first-order chi connectivity index (χ1) is 8.66. The van der Waals surface area contributed by atoms with Gasteiger partial charge in [-0.1, -0.05) is 13.8 Å². The maximum Gasteiger partial charge on any atom is 0.239 e. The molecule has 0 aliphatic carbocycles. The molecule has 1 fully saturated rings. The Morgan fingerprint density at radius 3 is 3.17 bits per heavy atom. The Morgan fingerprint density at radius 2 is 2.50 bits per heavy atom. The first-order valence-corrected chi connectivity index (χ1v) is 6.67. The number of nitrogens with zero attached hydrogens (tertiary/aromatic N) is 2. The molecule has 1 aromatic heterocycles. The van der Waals surface area contributed by atoms with E-state index in [1.165, 1.54) is 6.42 Å². The van der Waals surface area contributed by atoms with Crippen LogP contribution in [0.4, 0.5) is 0 Å². The molecule has 1 aromatic rings. The maximum atomic E-state index is 11.8. The largest absolute Gasteiger partial charge is 0.354 e. The predicted molar refractivity (Wildman–Crippen MR) is 70.1 cm³/mol. The minimum Gasteiger partial charge on any atom is -0.354 e. The number of nitrogens with one attached hydrogen (secondary N) is 2. The van der Waals surface area contributed by atoms with E-state index >= 15 is 0 Å². The Labute approximate surface area is 108 Å². The van der Waals surface area contributed by atoms with E-state index in [1.54, 1.807) is 6.33 Å². The first-order valence-electron chi connectivity index (χ1n) is 6.67. The fourth-order valence-corrected chi connectivity index (χ4v) is 2.22. The van der Waals surface area contributed by atoms with E-state index in [4.69, 9.17) is 0 Å². The average molecular weight is 250 g/mol. The number of carbonyl (C=O) groups excluding carboxylic acids is 1. The van der Waals surface area contributed by atoms with Crippen molar-refractivity contribution in [3.63, 3.8) is 0 Å². The van der Waals surface area contributed by atoms with Crippen LogP contribution < -0.4 is 10.6 Å². The Kier molecular flexibility index (Phi) is 4.36. The van der Waals surface area contributed by atoms with Crippen LogP contribution in [-0.4, -0.2) is 28.5 Å². The zero-order valence-corrected chi connectivity index (χ0v) is 11.1. The number of hydrogen-bond donors (Lipinski definition) is 2. The van der Waals surface area contributed by atoms with Gasteiger partial charge in [-0.15, -0.1) is 0 Å². The number of hydrogen-bond acceptors (Lipinski definition) is 3. The van der Waals surface area contributed by atoms with Crippen LogP contribution in [0.3, 0.4) is 0 Å². The molecule has 1 amide bonds. The summed E-state index contributed by atoms with van der Waals surface area (Å²) in [5, 5.41) is 6.36. The van der Waals surface area contributed by atoms with Crippen molar-refractivity contribution >= 4 is 5.91 Å². The summed E-state index contributed by atoms with van der Waals surface area (Å²) in [6.45, 7) is 6.32. The van der Waals surface area contributed by atoms with Gasteiger partial charge in [0.05, 0.1) is 12.0 Å².